The second-order valence-electron chi connectivity index (χ2n) is 8.96. The monoisotopic (exact) mass is 475 g/mol. The van der Waals surface area contributed by atoms with E-state index < -0.39 is 22.3 Å². The molecule has 1 amide bonds. The normalized spacial score (nSPS) is 16.7. The summed E-state index contributed by atoms with van der Waals surface area (Å²) in [5.41, 5.74) is 0.756. The van der Waals surface area contributed by atoms with Crippen LogP contribution in [0.2, 0.25) is 5.02 Å². The summed E-state index contributed by atoms with van der Waals surface area (Å²) in [5, 5.41) is 2.91. The lowest BCUT2D eigenvalue weighted by Gasteiger charge is -2.34. The van der Waals surface area contributed by atoms with Crippen LogP contribution < -0.4 is 5.32 Å². The first kappa shape index (κ1) is 23.1. The standard InChI is InChI=1S/C23H24ClF2N5O2/c1-23(2,3)33-22(32)31-8-4-5-13(11-31)17-9-14-18(10-27-17)28-12-29-21(14)30-16-7-6-15(25)19(24)20(16)26/h6-7,9-10,12-13H,4-5,8,11H2,1-3H3,(H,28,29,30). The molecule has 10 heteroatoms. The van der Waals surface area contributed by atoms with Gasteiger partial charge in [-0.2, -0.15) is 0 Å². The average Bonchev–Trinajstić information content (AvgIpc) is 2.78. The fourth-order valence-electron chi connectivity index (χ4n) is 3.76. The fourth-order valence-corrected chi connectivity index (χ4v) is 3.92. The summed E-state index contributed by atoms with van der Waals surface area (Å²) in [6, 6.07) is 4.17. The van der Waals surface area contributed by atoms with Gasteiger partial charge in [0.2, 0.25) is 0 Å². The third-order valence-electron chi connectivity index (χ3n) is 5.32. The zero-order valence-corrected chi connectivity index (χ0v) is 19.3. The van der Waals surface area contributed by atoms with Gasteiger partial charge in [-0.3, -0.25) is 4.98 Å². The Morgan fingerprint density at radius 1 is 1.24 bits per heavy atom. The zero-order valence-electron chi connectivity index (χ0n) is 18.5. The van der Waals surface area contributed by atoms with Gasteiger partial charge in [-0.1, -0.05) is 11.6 Å². The third-order valence-corrected chi connectivity index (χ3v) is 5.67. The van der Waals surface area contributed by atoms with Gasteiger partial charge in [0.25, 0.3) is 0 Å². The Bertz CT molecular complexity index is 1200. The predicted octanol–water partition coefficient (Wildman–Crippen LogP) is 5.81. The summed E-state index contributed by atoms with van der Waals surface area (Å²) in [4.78, 5) is 27.2. The molecule has 0 aliphatic carbocycles. The number of carbonyl (C=O) groups is 1. The molecule has 1 fully saturated rings. The smallest absolute Gasteiger partial charge is 0.410 e. The number of nitrogens with one attached hydrogen (secondary N) is 1. The number of aromatic nitrogens is 3. The van der Waals surface area contributed by atoms with Crippen molar-refractivity contribution in [2.24, 2.45) is 0 Å². The van der Waals surface area contributed by atoms with Gasteiger partial charge in [0.15, 0.2) is 5.82 Å². The number of rotatable bonds is 3. The maximum atomic E-state index is 14.4. The number of ether oxygens (including phenoxy) is 1. The lowest BCUT2D eigenvalue weighted by atomic mass is 9.94. The Morgan fingerprint density at radius 3 is 2.79 bits per heavy atom. The highest BCUT2D eigenvalue weighted by molar-refractivity contribution is 6.31. The van der Waals surface area contributed by atoms with Crippen LogP contribution in [-0.4, -0.2) is 44.6 Å². The van der Waals surface area contributed by atoms with E-state index in [2.05, 4.69) is 20.3 Å². The number of halogens is 3. The molecule has 4 rings (SSSR count). The Morgan fingerprint density at radius 2 is 2.03 bits per heavy atom. The number of fused-ring (bicyclic) bond motifs is 1. The van der Waals surface area contributed by atoms with E-state index in [0.717, 1.165) is 24.6 Å². The SMILES string of the molecule is CC(C)(C)OC(=O)N1CCCC(c2cc3c(Nc4ccc(F)c(Cl)c4F)ncnc3cn2)C1. The molecule has 1 N–H and O–H groups in total. The van der Waals surface area contributed by atoms with Crippen molar-refractivity contribution in [3.05, 3.63) is 53.1 Å². The Labute approximate surface area is 195 Å². The van der Waals surface area contributed by atoms with Gasteiger partial charge in [-0.05, 0) is 51.8 Å². The van der Waals surface area contributed by atoms with E-state index in [0.29, 0.717) is 29.8 Å². The highest BCUT2D eigenvalue weighted by atomic mass is 35.5. The van der Waals surface area contributed by atoms with Crippen LogP contribution in [0.15, 0.2) is 30.7 Å². The predicted molar refractivity (Wildman–Crippen MR) is 122 cm³/mol. The van der Waals surface area contributed by atoms with Crippen LogP contribution >= 0.6 is 11.6 Å². The number of benzene rings is 1. The molecule has 3 heterocycles. The van der Waals surface area contributed by atoms with Crippen molar-refractivity contribution in [3.63, 3.8) is 0 Å². The van der Waals surface area contributed by atoms with E-state index in [9.17, 15) is 13.6 Å². The van der Waals surface area contributed by atoms with E-state index in [1.54, 1.807) is 11.1 Å². The second-order valence-corrected chi connectivity index (χ2v) is 9.34. The molecule has 0 spiro atoms. The minimum absolute atomic E-state index is 0.000672. The molecule has 174 valence electrons. The molecule has 1 aliphatic heterocycles. The zero-order chi connectivity index (χ0) is 23.8. The summed E-state index contributed by atoms with van der Waals surface area (Å²) < 4.78 is 33.4. The molecule has 1 atom stereocenters. The third kappa shape index (κ3) is 5.13. The largest absolute Gasteiger partial charge is 0.444 e. The molecule has 7 nitrogen and oxygen atoms in total. The number of pyridine rings is 1. The number of carbonyl (C=O) groups excluding carboxylic acids is 1. The average molecular weight is 476 g/mol. The van der Waals surface area contributed by atoms with Gasteiger partial charge in [0.05, 0.1) is 17.4 Å². The Balaban J connectivity index is 1.62. The molecular weight excluding hydrogens is 452 g/mol. The number of amides is 1. The van der Waals surface area contributed by atoms with Crippen molar-refractivity contribution in [2.45, 2.75) is 45.1 Å². The Hall–Kier alpha value is -3.07. The van der Waals surface area contributed by atoms with Gasteiger partial charge in [-0.25, -0.2) is 23.5 Å². The fraction of sp³-hybridized carbons (Fsp3) is 0.391. The summed E-state index contributed by atoms with van der Waals surface area (Å²) >= 11 is 5.70. The van der Waals surface area contributed by atoms with Crippen LogP contribution in [0.5, 0.6) is 0 Å². The second kappa shape index (κ2) is 9.05. The minimum Gasteiger partial charge on any atom is -0.444 e. The maximum Gasteiger partial charge on any atom is 0.410 e. The molecule has 1 saturated heterocycles. The van der Waals surface area contributed by atoms with E-state index in [-0.39, 0.29) is 17.7 Å². The molecule has 2 aromatic heterocycles. The van der Waals surface area contributed by atoms with Crippen molar-refractivity contribution < 1.29 is 18.3 Å². The first-order valence-electron chi connectivity index (χ1n) is 10.6. The summed E-state index contributed by atoms with van der Waals surface area (Å²) in [5.74, 6) is -1.41. The molecule has 3 aromatic rings. The van der Waals surface area contributed by atoms with Gasteiger partial charge >= 0.3 is 6.09 Å². The van der Waals surface area contributed by atoms with Crippen molar-refractivity contribution >= 4 is 40.1 Å². The summed E-state index contributed by atoms with van der Waals surface area (Å²) in [6.45, 7) is 6.61. The van der Waals surface area contributed by atoms with Crippen molar-refractivity contribution in [2.75, 3.05) is 18.4 Å². The van der Waals surface area contributed by atoms with Crippen LogP contribution in [0.3, 0.4) is 0 Å². The van der Waals surface area contributed by atoms with Crippen molar-refractivity contribution in [1.29, 1.82) is 0 Å². The number of piperidine rings is 1. The topological polar surface area (TPSA) is 80.2 Å². The molecule has 0 radical (unpaired) electrons. The van der Waals surface area contributed by atoms with Gasteiger partial charge in [0, 0.05) is 30.1 Å². The van der Waals surface area contributed by atoms with Gasteiger partial charge < -0.3 is 15.0 Å². The van der Waals surface area contributed by atoms with Crippen LogP contribution in [0.4, 0.5) is 25.1 Å². The molecule has 0 bridgehead atoms. The van der Waals surface area contributed by atoms with Crippen LogP contribution in [0.25, 0.3) is 10.9 Å². The van der Waals surface area contributed by atoms with E-state index in [1.165, 1.54) is 12.4 Å². The minimum atomic E-state index is -0.905. The number of nitrogens with zero attached hydrogens (tertiary/aromatic N) is 4. The number of anilines is 2. The molecule has 33 heavy (non-hydrogen) atoms. The van der Waals surface area contributed by atoms with Crippen molar-refractivity contribution in [3.8, 4) is 0 Å². The maximum absolute atomic E-state index is 14.4. The van der Waals surface area contributed by atoms with Crippen LogP contribution in [-0.2, 0) is 4.74 Å². The highest BCUT2D eigenvalue weighted by Crippen LogP contribution is 2.32. The van der Waals surface area contributed by atoms with Gasteiger partial charge in [0.1, 0.15) is 28.6 Å². The van der Waals surface area contributed by atoms with E-state index >= 15 is 0 Å². The molecule has 1 aromatic carbocycles. The van der Waals surface area contributed by atoms with E-state index in [4.69, 9.17) is 16.3 Å². The van der Waals surface area contributed by atoms with Gasteiger partial charge in [-0.15, -0.1) is 0 Å². The lowest BCUT2D eigenvalue weighted by Crippen LogP contribution is -2.42. The number of hydrogen-bond acceptors (Lipinski definition) is 6. The first-order valence-corrected chi connectivity index (χ1v) is 11.0. The first-order chi connectivity index (χ1) is 15.6. The number of hydrogen-bond donors (Lipinski definition) is 1. The molecule has 0 saturated carbocycles. The summed E-state index contributed by atoms with van der Waals surface area (Å²) in [6.07, 6.45) is 4.29. The molecular formula is C23H24ClF2N5O2. The lowest BCUT2D eigenvalue weighted by molar-refractivity contribution is 0.0197. The Kier molecular flexibility index (Phi) is 6.34. The van der Waals surface area contributed by atoms with Crippen molar-refractivity contribution in [1.82, 2.24) is 19.9 Å². The summed E-state index contributed by atoms with van der Waals surface area (Å²) in [7, 11) is 0. The van der Waals surface area contributed by atoms with Crippen LogP contribution in [0.1, 0.15) is 45.2 Å². The van der Waals surface area contributed by atoms with E-state index in [1.807, 2.05) is 26.8 Å². The number of likely N-dealkylation sites (tertiary alicyclic amines) is 1. The van der Waals surface area contributed by atoms with Crippen LogP contribution in [0, 0.1) is 11.6 Å². The highest BCUT2D eigenvalue weighted by Gasteiger charge is 2.29. The quantitative estimate of drug-likeness (QED) is 0.481. The molecule has 1 unspecified atom stereocenters. The molecule has 1 aliphatic rings.